The average Bonchev–Trinajstić information content (AvgIpc) is 2.48. The van der Waals surface area contributed by atoms with Gasteiger partial charge in [-0.05, 0) is 42.8 Å². The van der Waals surface area contributed by atoms with Crippen LogP contribution in [0.4, 0.5) is 18.9 Å². The number of halogens is 3. The molecule has 2 rings (SSSR count). The highest BCUT2D eigenvalue weighted by Gasteiger charge is 2.29. The van der Waals surface area contributed by atoms with Gasteiger partial charge < -0.3 is 5.11 Å². The molecule has 0 aliphatic heterocycles. The van der Waals surface area contributed by atoms with E-state index in [0.717, 1.165) is 18.2 Å². The maximum atomic E-state index is 14.0. The third-order valence-corrected chi connectivity index (χ3v) is 5.02. The molecule has 0 fully saturated rings. The molecule has 0 saturated heterocycles. The summed E-state index contributed by atoms with van der Waals surface area (Å²) in [5.74, 6) is -2.70. The lowest BCUT2D eigenvalue weighted by Gasteiger charge is -2.24. The number of nitrogens with zero attached hydrogens (tertiary/aromatic N) is 1. The van der Waals surface area contributed by atoms with Gasteiger partial charge in [-0.3, -0.25) is 4.31 Å². The Labute approximate surface area is 131 Å². The number of hydrogen-bond acceptors (Lipinski definition) is 3. The number of anilines is 1. The molecule has 8 heteroatoms. The van der Waals surface area contributed by atoms with Gasteiger partial charge in [-0.15, -0.1) is 0 Å². The summed E-state index contributed by atoms with van der Waals surface area (Å²) < 4.78 is 66.8. The third kappa shape index (κ3) is 3.48. The van der Waals surface area contributed by atoms with Gasteiger partial charge in [0, 0.05) is 0 Å². The van der Waals surface area contributed by atoms with E-state index in [2.05, 4.69) is 0 Å². The fourth-order valence-electron chi connectivity index (χ4n) is 2.05. The van der Waals surface area contributed by atoms with Crippen molar-refractivity contribution in [2.45, 2.75) is 11.8 Å². The van der Waals surface area contributed by atoms with Crippen LogP contribution in [0.5, 0.6) is 0 Å². The molecule has 2 aromatic carbocycles. The van der Waals surface area contributed by atoms with Crippen LogP contribution in [-0.2, 0) is 10.0 Å². The second-order valence-corrected chi connectivity index (χ2v) is 6.64. The van der Waals surface area contributed by atoms with E-state index in [-0.39, 0.29) is 11.3 Å². The van der Waals surface area contributed by atoms with Gasteiger partial charge in [0.25, 0.3) is 10.0 Å². The molecule has 0 bridgehead atoms. The van der Waals surface area contributed by atoms with Crippen LogP contribution < -0.4 is 4.31 Å². The summed E-state index contributed by atoms with van der Waals surface area (Å²) in [6.07, 6.45) is 0. The van der Waals surface area contributed by atoms with Gasteiger partial charge in [-0.1, -0.05) is 6.07 Å². The van der Waals surface area contributed by atoms with Crippen LogP contribution in [-0.4, -0.2) is 26.7 Å². The lowest BCUT2D eigenvalue weighted by molar-refractivity contribution is 0.306. The number of aliphatic hydroxyl groups excluding tert-OH is 1. The normalized spacial score (nSPS) is 11.5. The van der Waals surface area contributed by atoms with Crippen molar-refractivity contribution < 1.29 is 26.7 Å². The highest BCUT2D eigenvalue weighted by atomic mass is 32.2. The molecule has 0 atom stereocenters. The Bertz CT molecular complexity index is 825. The summed E-state index contributed by atoms with van der Waals surface area (Å²) in [6.45, 7) is 0.291. The summed E-state index contributed by atoms with van der Waals surface area (Å²) in [6, 6.07) is 5.94. The summed E-state index contributed by atoms with van der Waals surface area (Å²) in [7, 11) is -4.51. The first-order valence-corrected chi connectivity index (χ1v) is 8.06. The van der Waals surface area contributed by atoms with Crippen LogP contribution in [0.1, 0.15) is 5.56 Å². The Balaban J connectivity index is 2.60. The van der Waals surface area contributed by atoms with Crippen LogP contribution in [0.2, 0.25) is 0 Å². The maximum absolute atomic E-state index is 14.0. The van der Waals surface area contributed by atoms with E-state index in [1.165, 1.54) is 19.1 Å². The smallest absolute Gasteiger partial charge is 0.267 e. The van der Waals surface area contributed by atoms with E-state index in [4.69, 9.17) is 5.11 Å². The fourth-order valence-corrected chi connectivity index (χ4v) is 3.56. The number of hydrogen-bond donors (Lipinski definition) is 1. The molecule has 0 saturated carbocycles. The summed E-state index contributed by atoms with van der Waals surface area (Å²) >= 11 is 0. The summed E-state index contributed by atoms with van der Waals surface area (Å²) in [4.78, 5) is -0.877. The van der Waals surface area contributed by atoms with E-state index >= 15 is 0 Å². The molecule has 0 aromatic heterocycles. The number of aryl methyl sites for hydroxylation is 1. The zero-order valence-corrected chi connectivity index (χ0v) is 12.9. The van der Waals surface area contributed by atoms with Crippen molar-refractivity contribution in [2.75, 3.05) is 17.5 Å². The Kier molecular flexibility index (Phi) is 4.96. The number of rotatable bonds is 5. The first-order chi connectivity index (χ1) is 10.8. The lowest BCUT2D eigenvalue weighted by Crippen LogP contribution is -2.34. The predicted molar refractivity (Wildman–Crippen MR) is 79.1 cm³/mol. The van der Waals surface area contributed by atoms with Crippen molar-refractivity contribution in [3.63, 3.8) is 0 Å². The zero-order chi connectivity index (χ0) is 17.2. The highest BCUT2D eigenvalue weighted by molar-refractivity contribution is 7.92. The molecule has 0 spiro atoms. The SMILES string of the molecule is Cc1cc(F)c(S(=O)(=O)N(CCO)c2cccc(F)c2)cc1F. The molecule has 4 nitrogen and oxygen atoms in total. The van der Waals surface area contributed by atoms with Gasteiger partial charge in [0.2, 0.25) is 0 Å². The van der Waals surface area contributed by atoms with E-state index in [1.807, 2.05) is 0 Å². The molecule has 0 aliphatic rings. The van der Waals surface area contributed by atoms with Crippen LogP contribution in [0.15, 0.2) is 41.3 Å². The van der Waals surface area contributed by atoms with Gasteiger partial charge >= 0.3 is 0 Å². The second-order valence-electron chi connectivity index (χ2n) is 4.81. The molecule has 0 unspecified atom stereocenters. The van der Waals surface area contributed by atoms with Gasteiger partial charge in [0.1, 0.15) is 22.3 Å². The lowest BCUT2D eigenvalue weighted by atomic mass is 10.2. The van der Waals surface area contributed by atoms with Gasteiger partial charge in [0.15, 0.2) is 0 Å². The molecule has 23 heavy (non-hydrogen) atoms. The maximum Gasteiger partial charge on any atom is 0.267 e. The van der Waals surface area contributed by atoms with Crippen LogP contribution >= 0.6 is 0 Å². The minimum Gasteiger partial charge on any atom is -0.394 e. The quantitative estimate of drug-likeness (QED) is 0.906. The number of benzene rings is 2. The van der Waals surface area contributed by atoms with Crippen molar-refractivity contribution in [1.82, 2.24) is 0 Å². The second kappa shape index (κ2) is 6.59. The van der Waals surface area contributed by atoms with E-state index in [0.29, 0.717) is 10.4 Å². The predicted octanol–water partition coefficient (Wildman–Crippen LogP) is 2.60. The minimum absolute atomic E-state index is 0.0408. The molecule has 0 radical (unpaired) electrons. The third-order valence-electron chi connectivity index (χ3n) is 3.18. The summed E-state index contributed by atoms with van der Waals surface area (Å²) in [5.41, 5.74) is -0.139. The van der Waals surface area contributed by atoms with Gasteiger partial charge in [0.05, 0.1) is 18.8 Å². The standard InChI is InChI=1S/C15H14F3NO3S/c1-10-7-14(18)15(9-13(10)17)23(21,22)19(5-6-20)12-4-2-3-11(16)8-12/h2-4,7-9,20H,5-6H2,1H3. The molecule has 0 aliphatic carbocycles. The van der Waals surface area contributed by atoms with Crippen LogP contribution in [0.3, 0.4) is 0 Å². The first kappa shape index (κ1) is 17.3. The number of aliphatic hydroxyl groups is 1. The van der Waals surface area contributed by atoms with Gasteiger partial charge in [-0.25, -0.2) is 21.6 Å². The Morgan fingerprint density at radius 2 is 1.78 bits per heavy atom. The fraction of sp³-hybridized carbons (Fsp3) is 0.200. The first-order valence-electron chi connectivity index (χ1n) is 6.62. The largest absolute Gasteiger partial charge is 0.394 e. The summed E-state index contributed by atoms with van der Waals surface area (Å²) in [5, 5.41) is 9.08. The average molecular weight is 345 g/mol. The van der Waals surface area contributed by atoms with Crippen molar-refractivity contribution in [1.29, 1.82) is 0 Å². The van der Waals surface area contributed by atoms with E-state index in [9.17, 15) is 21.6 Å². The topological polar surface area (TPSA) is 57.6 Å². The van der Waals surface area contributed by atoms with Crippen molar-refractivity contribution in [2.24, 2.45) is 0 Å². The minimum atomic E-state index is -4.51. The Morgan fingerprint density at radius 3 is 2.39 bits per heavy atom. The Hall–Kier alpha value is -2.06. The number of sulfonamides is 1. The molecule has 0 heterocycles. The highest BCUT2D eigenvalue weighted by Crippen LogP contribution is 2.27. The van der Waals surface area contributed by atoms with Crippen molar-refractivity contribution in [3.8, 4) is 0 Å². The van der Waals surface area contributed by atoms with E-state index < -0.39 is 45.5 Å². The molecular formula is C15H14F3NO3S. The molecular weight excluding hydrogens is 331 g/mol. The monoisotopic (exact) mass is 345 g/mol. The molecule has 2 aromatic rings. The van der Waals surface area contributed by atoms with Crippen molar-refractivity contribution in [3.05, 3.63) is 59.4 Å². The molecule has 0 amide bonds. The molecule has 124 valence electrons. The van der Waals surface area contributed by atoms with Crippen LogP contribution in [0, 0.1) is 24.4 Å². The van der Waals surface area contributed by atoms with Crippen LogP contribution in [0.25, 0.3) is 0 Å². The van der Waals surface area contributed by atoms with Crippen molar-refractivity contribution >= 4 is 15.7 Å². The van der Waals surface area contributed by atoms with Gasteiger partial charge in [-0.2, -0.15) is 0 Å². The Morgan fingerprint density at radius 1 is 1.09 bits per heavy atom. The molecule has 1 N–H and O–H groups in total. The zero-order valence-electron chi connectivity index (χ0n) is 12.1. The van der Waals surface area contributed by atoms with E-state index in [1.54, 1.807) is 0 Å².